The summed E-state index contributed by atoms with van der Waals surface area (Å²) in [6.45, 7) is 7.50. The van der Waals surface area contributed by atoms with Crippen molar-refractivity contribution in [3.63, 3.8) is 0 Å². The molecule has 0 atom stereocenters. The maximum absolute atomic E-state index is 15.4. The first kappa shape index (κ1) is 32.0. The number of hydrogen-bond acceptors (Lipinski definition) is 9. The summed E-state index contributed by atoms with van der Waals surface area (Å²) in [7, 11) is -12.6. The van der Waals surface area contributed by atoms with Gasteiger partial charge in [0.2, 0.25) is 11.4 Å². The highest BCUT2D eigenvalue weighted by atomic mass is 32.3. The van der Waals surface area contributed by atoms with Crippen molar-refractivity contribution in [1.82, 2.24) is 28.0 Å². The Bertz CT molecular complexity index is 2510. The number of hydrogen-bond donors (Lipinski definition) is 0. The Kier molecular flexibility index (Phi) is 5.83. The molecule has 4 aromatic rings. The first-order valence-electron chi connectivity index (χ1n) is 14.2. The van der Waals surface area contributed by atoms with Crippen LogP contribution in [0.1, 0.15) is 35.5 Å². The van der Waals surface area contributed by atoms with E-state index in [0.717, 1.165) is 33.4 Å². The molecule has 0 amide bonds. The van der Waals surface area contributed by atoms with E-state index in [1.54, 1.807) is 7.05 Å². The van der Waals surface area contributed by atoms with Gasteiger partial charge in [0.1, 0.15) is 16.1 Å². The second-order valence-corrected chi connectivity index (χ2v) is 17.0. The minimum Gasteiger partial charge on any atom is -0.335 e. The lowest BCUT2D eigenvalue weighted by Crippen LogP contribution is -2.93. The molecule has 8 rings (SSSR count). The molecule has 0 aromatic carbocycles. The number of anilines is 1. The predicted molar refractivity (Wildman–Crippen MR) is 155 cm³/mol. The molecular formula is C26H23F6N10O4S3+3. The molecule has 14 nitrogen and oxygen atoms in total. The molecule has 4 aromatic heterocycles. The summed E-state index contributed by atoms with van der Waals surface area (Å²) < 4.78 is 151. The van der Waals surface area contributed by atoms with Gasteiger partial charge < -0.3 is 4.90 Å². The average molecular weight is 750 g/mol. The number of halogens is 6. The molecule has 0 radical (unpaired) electrons. The fourth-order valence-corrected chi connectivity index (χ4v) is 12.0. The molecule has 0 bridgehead atoms. The Morgan fingerprint density at radius 2 is 1.29 bits per heavy atom. The number of allylic oxidation sites excluding steroid dienone is 1. The van der Waals surface area contributed by atoms with E-state index >= 15 is 17.6 Å². The second kappa shape index (κ2) is 8.92. The zero-order chi connectivity index (χ0) is 35.8. The number of fused-ring (bicyclic) bond motifs is 7. The third-order valence-corrected chi connectivity index (χ3v) is 14.0. The number of aryl methyl sites for hydroxylation is 4. The minimum atomic E-state index is -7.21. The molecule has 23 heteroatoms. The van der Waals surface area contributed by atoms with Crippen molar-refractivity contribution in [2.75, 3.05) is 11.9 Å². The number of alkyl halides is 6. The number of sulfonamides is 2. The summed E-state index contributed by atoms with van der Waals surface area (Å²) in [4.78, 5) is 15.5. The van der Waals surface area contributed by atoms with E-state index < -0.39 is 46.1 Å². The van der Waals surface area contributed by atoms with Crippen LogP contribution in [-0.4, -0.2) is 68.3 Å². The molecule has 258 valence electrons. The van der Waals surface area contributed by atoms with Crippen LogP contribution < -0.4 is 28.0 Å². The first-order valence-corrected chi connectivity index (χ1v) is 17.9. The van der Waals surface area contributed by atoms with Crippen molar-refractivity contribution in [2.24, 2.45) is 0 Å². The summed E-state index contributed by atoms with van der Waals surface area (Å²) in [5.41, 5.74) is 1.32. The van der Waals surface area contributed by atoms with Gasteiger partial charge in [-0.3, -0.25) is 0 Å². The highest BCUT2D eigenvalue weighted by Gasteiger charge is 2.97. The maximum atomic E-state index is 15.4. The van der Waals surface area contributed by atoms with Crippen molar-refractivity contribution >= 4 is 49.4 Å². The topological polar surface area (TPSA) is 135 Å². The quantitative estimate of drug-likeness (QED) is 0.201. The van der Waals surface area contributed by atoms with E-state index in [4.69, 9.17) is 0 Å². The fourth-order valence-electron chi connectivity index (χ4n) is 6.89. The van der Waals surface area contributed by atoms with Crippen LogP contribution in [0.2, 0.25) is 0 Å². The molecular weight excluding hydrogens is 727 g/mol. The van der Waals surface area contributed by atoms with Crippen LogP contribution >= 0.6 is 11.3 Å². The molecule has 8 heterocycles. The Balaban J connectivity index is 1.53. The van der Waals surface area contributed by atoms with E-state index in [1.165, 1.54) is 57.2 Å². The largest absolute Gasteiger partial charge is 0.639 e. The van der Waals surface area contributed by atoms with E-state index in [-0.39, 0.29) is 40.5 Å². The number of aromatic nitrogens is 8. The van der Waals surface area contributed by atoms with Gasteiger partial charge >= 0.3 is 54.3 Å². The minimum absolute atomic E-state index is 0.0397. The number of thiazole rings is 1. The van der Waals surface area contributed by atoms with E-state index in [9.17, 15) is 25.6 Å². The molecule has 4 aliphatic rings. The molecule has 0 unspecified atom stereocenters. The van der Waals surface area contributed by atoms with Gasteiger partial charge in [-0.25, -0.2) is 21.8 Å². The van der Waals surface area contributed by atoms with Crippen molar-refractivity contribution in [3.8, 4) is 11.9 Å². The van der Waals surface area contributed by atoms with Gasteiger partial charge in [0.25, 0.3) is 5.82 Å². The van der Waals surface area contributed by atoms with E-state index in [1.807, 2.05) is 24.1 Å². The van der Waals surface area contributed by atoms with Crippen molar-refractivity contribution in [3.05, 3.63) is 61.7 Å². The Hall–Kier alpha value is -4.22. The molecule has 49 heavy (non-hydrogen) atoms. The zero-order valence-electron chi connectivity index (χ0n) is 26.0. The summed E-state index contributed by atoms with van der Waals surface area (Å²) in [5, 5.41) is -13.2. The van der Waals surface area contributed by atoms with E-state index in [0.29, 0.717) is 10.5 Å². The third kappa shape index (κ3) is 3.32. The van der Waals surface area contributed by atoms with Crippen LogP contribution in [-0.2, 0) is 26.0 Å². The normalized spacial score (nSPS) is 23.1. The van der Waals surface area contributed by atoms with Crippen LogP contribution in [0.15, 0.2) is 23.9 Å². The fraction of sp³-hybridized carbons (Fsp3) is 0.385. The number of rotatable bonds is 2. The summed E-state index contributed by atoms with van der Waals surface area (Å²) in [6, 6.07) is 2.77. The predicted octanol–water partition coefficient (Wildman–Crippen LogP) is -0.339. The van der Waals surface area contributed by atoms with Gasteiger partial charge in [-0.05, 0) is 41.8 Å². The SMILES string of the molecule is CC1=CN(C)c2n/c(=C\c3nc4[n+]5c(n3)-n3c(C)cc(C)[n+]3C5(N3S(=O)(=O)C(F)(F)C(F)(F)C(F)(F)S3(=O)=O)[n+]3c(C)cc(C)n3-4)sc2=C1. The van der Waals surface area contributed by atoms with E-state index in [2.05, 4.69) is 15.0 Å². The van der Waals surface area contributed by atoms with Crippen LogP contribution in [0.5, 0.6) is 0 Å². The summed E-state index contributed by atoms with van der Waals surface area (Å²) in [6.07, 6.45) is 5.25. The molecule has 0 spiro atoms. The molecule has 4 aliphatic heterocycles. The molecule has 0 saturated carbocycles. The van der Waals surface area contributed by atoms with Crippen molar-refractivity contribution in [2.45, 2.75) is 57.0 Å². The third-order valence-electron chi connectivity index (χ3n) is 8.70. The second-order valence-electron chi connectivity index (χ2n) is 12.0. The standard InChI is InChI=1S/C26H23F6N10O4S3/c1-12-7-17-20(36(6)11-12)35-19(47-17)10-18-33-21-37-22(34-18)39-14(3)9-16(5)41(39)26(37,40-15(4)8-13(2)38(21)40)42-48(43,44)24(29,30)23(27,28)25(31,32)49(42,45)46/h7-11H,1-6H3/q+3. The van der Waals surface area contributed by atoms with Gasteiger partial charge in [-0.2, -0.15) is 26.3 Å². The maximum Gasteiger partial charge on any atom is 0.639 e. The Morgan fingerprint density at radius 1 is 0.796 bits per heavy atom. The summed E-state index contributed by atoms with van der Waals surface area (Å²) >= 11 is 1.28. The first-order chi connectivity index (χ1) is 22.5. The van der Waals surface area contributed by atoms with Crippen molar-refractivity contribution in [1.29, 1.82) is 0 Å². The Labute approximate surface area is 276 Å². The van der Waals surface area contributed by atoms with Crippen molar-refractivity contribution < 1.29 is 57.1 Å². The molecule has 0 aliphatic carbocycles. The summed E-state index contributed by atoms with van der Waals surface area (Å²) in [5.74, 6) is -10.3. The van der Waals surface area contributed by atoms with Gasteiger partial charge in [0.05, 0.1) is 8.24 Å². The monoisotopic (exact) mass is 749 g/mol. The van der Waals surface area contributed by atoms with Crippen LogP contribution in [0.4, 0.5) is 32.2 Å². The van der Waals surface area contributed by atoms with Gasteiger partial charge in [-0.1, -0.05) is 14.5 Å². The number of nitrogens with zero attached hydrogens (tertiary/aromatic N) is 10. The van der Waals surface area contributed by atoms with Crippen LogP contribution in [0.3, 0.4) is 0 Å². The molecule has 0 N–H and O–H groups in total. The van der Waals surface area contributed by atoms with Crippen LogP contribution in [0.25, 0.3) is 24.0 Å². The van der Waals surface area contributed by atoms with Gasteiger partial charge in [0.15, 0.2) is 5.82 Å². The Morgan fingerprint density at radius 3 is 1.78 bits per heavy atom. The van der Waals surface area contributed by atoms with Crippen LogP contribution in [0, 0.1) is 27.7 Å². The lowest BCUT2D eigenvalue weighted by molar-refractivity contribution is -1.18. The highest BCUT2D eigenvalue weighted by Crippen LogP contribution is 2.58. The van der Waals surface area contributed by atoms with Gasteiger partial charge in [0, 0.05) is 54.7 Å². The lowest BCUT2D eigenvalue weighted by Gasteiger charge is -2.40. The average Bonchev–Trinajstić information content (AvgIpc) is 3.73. The smallest absolute Gasteiger partial charge is 0.335 e. The highest BCUT2D eigenvalue weighted by molar-refractivity contribution is 8.05. The molecule has 1 fully saturated rings. The van der Waals surface area contributed by atoms with Gasteiger partial charge in [-0.15, -0.1) is 11.3 Å². The lowest BCUT2D eigenvalue weighted by atomic mass is 10.2. The zero-order valence-corrected chi connectivity index (χ0v) is 28.4. The molecule has 1 saturated heterocycles.